The zero-order valence-electron chi connectivity index (χ0n) is 11.2. The average Bonchev–Trinajstić information content (AvgIpc) is 3.07. The summed E-state index contributed by atoms with van der Waals surface area (Å²) in [5.74, 6) is 1.77. The van der Waals surface area contributed by atoms with Crippen molar-refractivity contribution in [3.63, 3.8) is 0 Å². The van der Waals surface area contributed by atoms with Crippen molar-refractivity contribution in [2.75, 3.05) is 13.1 Å². The standard InChI is InChI=1S/C14H22N4O/c19-14(4-7-18-6-1-5-16-18)17-13-3-2-11-9-15-10-12(11)8-13/h1,5-6,11-13,15H,2-4,7-10H2,(H,17,19)/t11-,12+,13?/m0/s1. The van der Waals surface area contributed by atoms with Crippen LogP contribution in [-0.2, 0) is 11.3 Å². The molecule has 2 N–H and O–H groups in total. The maximum Gasteiger partial charge on any atom is 0.222 e. The second kappa shape index (κ2) is 5.74. The fraction of sp³-hybridized carbons (Fsp3) is 0.714. The summed E-state index contributed by atoms with van der Waals surface area (Å²) in [5.41, 5.74) is 0. The van der Waals surface area contributed by atoms with Gasteiger partial charge in [-0.25, -0.2) is 0 Å². The molecule has 3 rings (SSSR count). The highest BCUT2D eigenvalue weighted by atomic mass is 16.1. The highest BCUT2D eigenvalue weighted by molar-refractivity contribution is 5.76. The molecule has 1 unspecified atom stereocenters. The van der Waals surface area contributed by atoms with Crippen LogP contribution in [0.1, 0.15) is 25.7 Å². The lowest BCUT2D eigenvalue weighted by molar-refractivity contribution is -0.122. The van der Waals surface area contributed by atoms with Gasteiger partial charge in [-0.1, -0.05) is 0 Å². The van der Waals surface area contributed by atoms with E-state index in [0.29, 0.717) is 19.0 Å². The minimum Gasteiger partial charge on any atom is -0.353 e. The van der Waals surface area contributed by atoms with E-state index >= 15 is 0 Å². The van der Waals surface area contributed by atoms with Crippen LogP contribution < -0.4 is 10.6 Å². The average molecular weight is 262 g/mol. The molecule has 0 bridgehead atoms. The topological polar surface area (TPSA) is 59.0 Å². The van der Waals surface area contributed by atoms with Crippen LogP contribution in [0.25, 0.3) is 0 Å². The highest BCUT2D eigenvalue weighted by Crippen LogP contribution is 2.32. The van der Waals surface area contributed by atoms with E-state index in [2.05, 4.69) is 15.7 Å². The van der Waals surface area contributed by atoms with Gasteiger partial charge in [0, 0.05) is 31.4 Å². The monoisotopic (exact) mass is 262 g/mol. The van der Waals surface area contributed by atoms with E-state index in [1.165, 1.54) is 13.0 Å². The largest absolute Gasteiger partial charge is 0.353 e. The summed E-state index contributed by atoms with van der Waals surface area (Å²) in [4.78, 5) is 11.9. The first-order valence-electron chi connectivity index (χ1n) is 7.29. The van der Waals surface area contributed by atoms with Crippen LogP contribution in [0.5, 0.6) is 0 Å². The third-order valence-electron chi connectivity index (χ3n) is 4.45. The van der Waals surface area contributed by atoms with Crippen LogP contribution in [0.4, 0.5) is 0 Å². The first kappa shape index (κ1) is 12.7. The van der Waals surface area contributed by atoms with Gasteiger partial charge in [-0.2, -0.15) is 5.10 Å². The van der Waals surface area contributed by atoms with Crippen molar-refractivity contribution < 1.29 is 4.79 Å². The molecule has 5 nitrogen and oxygen atoms in total. The number of fused-ring (bicyclic) bond motifs is 1. The minimum atomic E-state index is 0.157. The van der Waals surface area contributed by atoms with E-state index in [-0.39, 0.29) is 5.91 Å². The number of hydrogen-bond donors (Lipinski definition) is 2. The van der Waals surface area contributed by atoms with Gasteiger partial charge < -0.3 is 10.6 Å². The van der Waals surface area contributed by atoms with E-state index in [1.54, 1.807) is 10.9 Å². The lowest BCUT2D eigenvalue weighted by Crippen LogP contribution is -2.40. The number of hydrogen-bond acceptors (Lipinski definition) is 3. The van der Waals surface area contributed by atoms with Crippen molar-refractivity contribution in [2.24, 2.45) is 11.8 Å². The van der Waals surface area contributed by atoms with Gasteiger partial charge in [0.25, 0.3) is 0 Å². The van der Waals surface area contributed by atoms with Gasteiger partial charge in [-0.05, 0) is 50.3 Å². The maximum atomic E-state index is 11.9. The molecular weight excluding hydrogens is 240 g/mol. The lowest BCUT2D eigenvalue weighted by atomic mass is 9.79. The minimum absolute atomic E-state index is 0.157. The molecule has 2 aliphatic rings. The summed E-state index contributed by atoms with van der Waals surface area (Å²) in [6.07, 6.45) is 7.68. The van der Waals surface area contributed by atoms with E-state index in [4.69, 9.17) is 0 Å². The Morgan fingerprint density at radius 3 is 3.11 bits per heavy atom. The van der Waals surface area contributed by atoms with E-state index in [9.17, 15) is 4.79 Å². The predicted octanol–water partition coefficient (Wildman–Crippen LogP) is 0.777. The Labute approximate surface area is 113 Å². The van der Waals surface area contributed by atoms with Crippen molar-refractivity contribution in [3.8, 4) is 0 Å². The van der Waals surface area contributed by atoms with Crippen LogP contribution in [-0.4, -0.2) is 34.8 Å². The third kappa shape index (κ3) is 3.15. The summed E-state index contributed by atoms with van der Waals surface area (Å²) in [6.45, 7) is 2.97. The quantitative estimate of drug-likeness (QED) is 0.843. The summed E-state index contributed by atoms with van der Waals surface area (Å²) in [5, 5.41) is 10.8. The van der Waals surface area contributed by atoms with Crippen molar-refractivity contribution in [2.45, 2.75) is 38.3 Å². The molecule has 0 spiro atoms. The Morgan fingerprint density at radius 1 is 1.37 bits per heavy atom. The zero-order valence-corrected chi connectivity index (χ0v) is 11.2. The number of carbonyl (C=O) groups excluding carboxylic acids is 1. The Hall–Kier alpha value is -1.36. The molecule has 2 heterocycles. The van der Waals surface area contributed by atoms with Gasteiger partial charge in [0.1, 0.15) is 0 Å². The molecule has 1 aromatic rings. The molecule has 3 atom stereocenters. The zero-order chi connectivity index (χ0) is 13.1. The Kier molecular flexibility index (Phi) is 3.82. The SMILES string of the molecule is O=C(CCn1cccn1)NC1CC[C@H]2CNC[C@H]2C1. The predicted molar refractivity (Wildman–Crippen MR) is 72.5 cm³/mol. The second-order valence-corrected chi connectivity index (χ2v) is 5.78. The fourth-order valence-corrected chi connectivity index (χ4v) is 3.38. The molecule has 2 fully saturated rings. The van der Waals surface area contributed by atoms with E-state index < -0.39 is 0 Å². The molecule has 5 heteroatoms. The number of amides is 1. The van der Waals surface area contributed by atoms with Gasteiger partial charge in [-0.3, -0.25) is 9.48 Å². The molecule has 0 radical (unpaired) electrons. The molecule has 1 saturated heterocycles. The van der Waals surface area contributed by atoms with Gasteiger partial charge >= 0.3 is 0 Å². The first-order chi connectivity index (χ1) is 9.31. The molecule has 104 valence electrons. The van der Waals surface area contributed by atoms with Crippen LogP contribution >= 0.6 is 0 Å². The van der Waals surface area contributed by atoms with E-state index in [0.717, 1.165) is 31.2 Å². The van der Waals surface area contributed by atoms with Crippen LogP contribution in [0.2, 0.25) is 0 Å². The summed E-state index contributed by atoms with van der Waals surface area (Å²) in [7, 11) is 0. The van der Waals surface area contributed by atoms with Crippen LogP contribution in [0.15, 0.2) is 18.5 Å². The first-order valence-corrected chi connectivity index (χ1v) is 7.29. The molecule has 1 saturated carbocycles. The highest BCUT2D eigenvalue weighted by Gasteiger charge is 2.34. The molecule has 19 heavy (non-hydrogen) atoms. The van der Waals surface area contributed by atoms with Crippen molar-refractivity contribution in [3.05, 3.63) is 18.5 Å². The molecule has 1 amide bonds. The van der Waals surface area contributed by atoms with Gasteiger partial charge in [-0.15, -0.1) is 0 Å². The van der Waals surface area contributed by atoms with Crippen LogP contribution in [0, 0.1) is 11.8 Å². The number of nitrogens with one attached hydrogen (secondary N) is 2. The fourth-order valence-electron chi connectivity index (χ4n) is 3.38. The van der Waals surface area contributed by atoms with Crippen LogP contribution in [0.3, 0.4) is 0 Å². The maximum absolute atomic E-state index is 11.9. The lowest BCUT2D eigenvalue weighted by Gasteiger charge is -2.31. The number of nitrogens with zero attached hydrogens (tertiary/aromatic N) is 2. The normalized spacial score (nSPS) is 30.0. The Bertz CT molecular complexity index is 417. The molecular formula is C14H22N4O. The Morgan fingerprint density at radius 2 is 2.26 bits per heavy atom. The number of rotatable bonds is 4. The summed E-state index contributed by atoms with van der Waals surface area (Å²) in [6, 6.07) is 2.26. The third-order valence-corrected chi connectivity index (χ3v) is 4.45. The van der Waals surface area contributed by atoms with Gasteiger partial charge in [0.05, 0.1) is 0 Å². The molecule has 1 aliphatic carbocycles. The Balaban J connectivity index is 1.42. The van der Waals surface area contributed by atoms with Gasteiger partial charge in [0.15, 0.2) is 0 Å². The summed E-state index contributed by atoms with van der Waals surface area (Å²) >= 11 is 0. The molecule has 1 aromatic heterocycles. The van der Waals surface area contributed by atoms with Crippen molar-refractivity contribution in [1.82, 2.24) is 20.4 Å². The number of aromatic nitrogens is 2. The van der Waals surface area contributed by atoms with Crippen molar-refractivity contribution >= 4 is 5.91 Å². The van der Waals surface area contributed by atoms with E-state index in [1.807, 2.05) is 12.3 Å². The van der Waals surface area contributed by atoms with Crippen molar-refractivity contribution in [1.29, 1.82) is 0 Å². The summed E-state index contributed by atoms with van der Waals surface area (Å²) < 4.78 is 1.80. The number of carbonyl (C=O) groups is 1. The molecule has 1 aliphatic heterocycles. The number of aryl methyl sites for hydroxylation is 1. The molecule has 0 aromatic carbocycles. The second-order valence-electron chi connectivity index (χ2n) is 5.78. The van der Waals surface area contributed by atoms with Gasteiger partial charge in [0.2, 0.25) is 5.91 Å². The smallest absolute Gasteiger partial charge is 0.222 e.